The minimum absolute atomic E-state index is 0.00625. The molecule has 16 heteroatoms. The fourth-order valence-electron chi connectivity index (χ4n) is 7.66. The van der Waals surface area contributed by atoms with Crippen molar-refractivity contribution in [1.82, 2.24) is 4.90 Å². The molecule has 0 radical (unpaired) electrons. The van der Waals surface area contributed by atoms with E-state index in [4.69, 9.17) is 18.9 Å². The Morgan fingerprint density at radius 1 is 0.714 bits per heavy atom. The molecule has 1 aliphatic heterocycles. The van der Waals surface area contributed by atoms with Crippen molar-refractivity contribution in [3.63, 3.8) is 0 Å². The molecule has 5 aromatic rings. The molecule has 0 aliphatic carbocycles. The summed E-state index contributed by atoms with van der Waals surface area (Å²) in [6, 6.07) is 38.0. The molecule has 0 spiro atoms. The van der Waals surface area contributed by atoms with Crippen LogP contribution < -0.4 is 15.9 Å². The number of hydrogen-bond acceptors (Lipinski definition) is 12. The normalized spacial score (nSPS) is 15.4. The summed E-state index contributed by atoms with van der Waals surface area (Å²) in [5, 5.41) is 24.6. The summed E-state index contributed by atoms with van der Waals surface area (Å²) in [6.45, 7) is 1.05. The summed E-state index contributed by atoms with van der Waals surface area (Å²) < 4.78 is 22.2. The third-order valence-electron chi connectivity index (χ3n) is 10.7. The lowest BCUT2D eigenvalue weighted by Gasteiger charge is -2.56. The Bertz CT molecular complexity index is 2460. The number of carbonyl (C=O) groups is 4. The van der Waals surface area contributed by atoms with E-state index >= 15 is 9.59 Å². The van der Waals surface area contributed by atoms with Gasteiger partial charge in [0.1, 0.15) is 24.7 Å². The topological polar surface area (TPSA) is 195 Å². The second-order valence-electron chi connectivity index (χ2n) is 15.1. The van der Waals surface area contributed by atoms with Crippen LogP contribution in [0.3, 0.4) is 0 Å². The van der Waals surface area contributed by atoms with Gasteiger partial charge in [0, 0.05) is 42.6 Å². The molecule has 0 bridgehead atoms. The Hall–Kier alpha value is -7.38. The molecule has 0 saturated carbocycles. The number of ether oxygens (including phenoxy) is 4. The molecule has 1 aliphatic rings. The van der Waals surface area contributed by atoms with Gasteiger partial charge in [0.05, 0.1) is 28.9 Å². The Morgan fingerprint density at radius 2 is 1.14 bits per heavy atom. The molecule has 3 unspecified atom stereocenters. The largest absolute Gasteiger partial charge is 0.508 e. The lowest BCUT2D eigenvalue weighted by molar-refractivity contribution is -0.385. The second-order valence-corrected chi connectivity index (χ2v) is 18.5. The Balaban J connectivity index is 1.53. The zero-order chi connectivity index (χ0) is 45.3. The van der Waals surface area contributed by atoms with Gasteiger partial charge in [-0.3, -0.25) is 29.9 Å². The van der Waals surface area contributed by atoms with Crippen LogP contribution in [0.15, 0.2) is 152 Å². The van der Waals surface area contributed by atoms with Crippen LogP contribution in [0.4, 0.5) is 16.2 Å². The number of β-lactam (4-membered cyclic amide) rings is 1. The SMILES string of the molecule is COC(=O)/C=C/C(C)(C)C1C(C(C)OC(=O)OCc2ccc([N+](=O)[O-])cc2)C(=O)N1C(C(=O)OCc1ccc([N+](=O)[O-])cc1)=P(c1ccccc1)(c1ccccc1)c1ccccc1. The standard InChI is InChI=1S/C47H44N3O12P/c1-32(62-46(54)61-31-34-22-26-36(27-23-34)50(57)58)41-42(47(2,3)29-28-40(51)59-4)48(43(41)52)44(45(53)60-30-33-20-24-35(25-21-33)49(55)56)63(37-14-8-5-9-15-37,38-16-10-6-11-17-38)39-18-12-7-13-19-39/h5-29,32,41-42H,30-31H2,1-4H3/b29-28+. The molecule has 0 aromatic heterocycles. The maximum Gasteiger partial charge on any atom is 0.508 e. The second kappa shape index (κ2) is 19.6. The number of hydrogen-bond donors (Lipinski definition) is 0. The number of benzene rings is 5. The first-order chi connectivity index (χ1) is 30.2. The minimum atomic E-state index is -3.44. The molecule has 15 nitrogen and oxygen atoms in total. The third-order valence-corrected chi connectivity index (χ3v) is 15.0. The quantitative estimate of drug-likeness (QED) is 0.0188. The van der Waals surface area contributed by atoms with Crippen molar-refractivity contribution in [3.8, 4) is 0 Å². The van der Waals surface area contributed by atoms with Crippen LogP contribution in [0.5, 0.6) is 0 Å². The number of methoxy groups -OCH3 is 1. The predicted octanol–water partition coefficient (Wildman–Crippen LogP) is 6.99. The Morgan fingerprint density at radius 3 is 1.56 bits per heavy atom. The zero-order valence-electron chi connectivity index (χ0n) is 34.8. The van der Waals surface area contributed by atoms with E-state index in [1.165, 1.54) is 73.5 Å². The molecule has 6 rings (SSSR count). The average molecular weight is 874 g/mol. The molecule has 1 fully saturated rings. The fraction of sp³-hybridized carbons (Fsp3) is 0.213. The summed E-state index contributed by atoms with van der Waals surface area (Å²) in [5.74, 6) is -3.19. The number of non-ortho nitro benzene ring substituents is 2. The van der Waals surface area contributed by atoms with Gasteiger partial charge in [0.2, 0.25) is 5.91 Å². The monoisotopic (exact) mass is 873 g/mol. The van der Waals surface area contributed by atoms with Crippen molar-refractivity contribution < 1.29 is 48.0 Å². The van der Waals surface area contributed by atoms with E-state index in [-0.39, 0.29) is 30.0 Å². The summed E-state index contributed by atoms with van der Waals surface area (Å²) in [7, 11) is 1.23. The highest BCUT2D eigenvalue weighted by Gasteiger charge is 2.60. The Kier molecular flexibility index (Phi) is 14.0. The highest BCUT2D eigenvalue weighted by atomic mass is 31.2. The van der Waals surface area contributed by atoms with E-state index in [2.05, 4.69) is 0 Å². The fourth-order valence-corrected chi connectivity index (χ4v) is 12.0. The van der Waals surface area contributed by atoms with Gasteiger partial charge in [0.25, 0.3) is 11.4 Å². The van der Waals surface area contributed by atoms with Gasteiger partial charge >= 0.3 is 18.1 Å². The highest BCUT2D eigenvalue weighted by molar-refractivity contribution is 7.96. The van der Waals surface area contributed by atoms with Crippen LogP contribution in [0.1, 0.15) is 31.9 Å². The summed E-state index contributed by atoms with van der Waals surface area (Å²) in [5.41, 5.74) is -0.493. The first-order valence-corrected chi connectivity index (χ1v) is 21.5. The molecular weight excluding hydrogens is 829 g/mol. The van der Waals surface area contributed by atoms with Gasteiger partial charge in [-0.2, -0.15) is 0 Å². The number of amides is 1. The molecule has 63 heavy (non-hydrogen) atoms. The van der Waals surface area contributed by atoms with Crippen molar-refractivity contribution in [2.75, 3.05) is 7.11 Å². The first kappa shape index (κ1) is 45.2. The minimum Gasteiger partial charge on any atom is -0.466 e. The van der Waals surface area contributed by atoms with Crippen molar-refractivity contribution >= 4 is 63.6 Å². The van der Waals surface area contributed by atoms with E-state index in [0.29, 0.717) is 27.0 Å². The molecule has 324 valence electrons. The summed E-state index contributed by atoms with van der Waals surface area (Å²) >= 11 is 0. The maximum absolute atomic E-state index is 15.4. The third kappa shape index (κ3) is 9.74. The number of carbonyl (C=O) groups excluding carboxylic acids is 4. The summed E-state index contributed by atoms with van der Waals surface area (Å²) in [6.07, 6.45) is 0.537. The maximum atomic E-state index is 15.4. The molecule has 1 heterocycles. The molecule has 5 aromatic carbocycles. The van der Waals surface area contributed by atoms with Crippen LogP contribution in [-0.4, -0.2) is 63.4 Å². The Labute approximate surface area is 363 Å². The van der Waals surface area contributed by atoms with E-state index in [9.17, 15) is 29.8 Å². The molecule has 3 atom stereocenters. The number of nitro benzene ring substituents is 2. The van der Waals surface area contributed by atoms with Gasteiger partial charge in [-0.1, -0.05) is 111 Å². The van der Waals surface area contributed by atoms with E-state index in [1.807, 2.05) is 91.0 Å². The number of esters is 2. The predicted molar refractivity (Wildman–Crippen MR) is 236 cm³/mol. The lowest BCUT2D eigenvalue weighted by atomic mass is 9.68. The number of likely N-dealkylation sites (tertiary alicyclic amines) is 1. The van der Waals surface area contributed by atoms with E-state index in [0.717, 1.165) is 0 Å². The van der Waals surface area contributed by atoms with Crippen molar-refractivity contribution in [2.45, 2.75) is 46.1 Å². The number of nitrogens with zero attached hydrogens (tertiary/aromatic N) is 3. The zero-order valence-corrected chi connectivity index (χ0v) is 35.7. The van der Waals surface area contributed by atoms with Gasteiger partial charge in [-0.25, -0.2) is 14.4 Å². The van der Waals surface area contributed by atoms with Crippen LogP contribution >= 0.6 is 6.89 Å². The van der Waals surface area contributed by atoms with Crippen molar-refractivity contribution in [2.24, 2.45) is 11.3 Å². The molecule has 0 N–H and O–H groups in total. The van der Waals surface area contributed by atoms with E-state index in [1.54, 1.807) is 19.9 Å². The van der Waals surface area contributed by atoms with Crippen LogP contribution in [0, 0.1) is 31.6 Å². The van der Waals surface area contributed by atoms with Crippen LogP contribution in [0.2, 0.25) is 0 Å². The van der Waals surface area contributed by atoms with Crippen LogP contribution in [0.25, 0.3) is 0 Å². The van der Waals surface area contributed by atoms with E-state index < -0.39 is 64.2 Å². The summed E-state index contributed by atoms with van der Waals surface area (Å²) in [4.78, 5) is 79.2. The number of rotatable bonds is 16. The van der Waals surface area contributed by atoms with Crippen molar-refractivity contribution in [1.29, 1.82) is 0 Å². The van der Waals surface area contributed by atoms with Gasteiger partial charge in [-0.05, 0) is 58.2 Å². The highest BCUT2D eigenvalue weighted by Crippen LogP contribution is 2.52. The van der Waals surface area contributed by atoms with Crippen LogP contribution in [-0.2, 0) is 46.5 Å². The lowest BCUT2D eigenvalue weighted by Crippen LogP contribution is -2.72. The molecular formula is C47H44N3O12P. The smallest absolute Gasteiger partial charge is 0.466 e. The number of nitro groups is 2. The molecule has 1 amide bonds. The average Bonchev–Trinajstić information content (AvgIpc) is 3.29. The van der Waals surface area contributed by atoms with Gasteiger partial charge in [-0.15, -0.1) is 0 Å². The van der Waals surface area contributed by atoms with Gasteiger partial charge in [0.15, 0.2) is 0 Å². The van der Waals surface area contributed by atoms with Gasteiger partial charge < -0.3 is 18.9 Å². The van der Waals surface area contributed by atoms with Crippen molar-refractivity contribution in [3.05, 3.63) is 183 Å². The molecule has 1 saturated heterocycles. The first-order valence-electron chi connectivity index (χ1n) is 19.7.